The van der Waals surface area contributed by atoms with Crippen LogP contribution in [-0.2, 0) is 0 Å². The molecule has 0 saturated carbocycles. The van der Waals surface area contributed by atoms with Crippen molar-refractivity contribution in [1.29, 1.82) is 0 Å². The highest BCUT2D eigenvalue weighted by atomic mass is 79.9. The second kappa shape index (κ2) is 6.98. The van der Waals surface area contributed by atoms with Crippen LogP contribution in [0.5, 0.6) is 0 Å². The van der Waals surface area contributed by atoms with Gasteiger partial charge in [0.1, 0.15) is 5.03 Å². The first-order valence-electron chi connectivity index (χ1n) is 6.87. The number of hydrogen-bond donors (Lipinski definition) is 0. The average Bonchev–Trinajstić information content (AvgIpc) is 3.05. The van der Waals surface area contributed by atoms with Crippen molar-refractivity contribution >= 4 is 44.3 Å². The Bertz CT molecular complexity index is 920. The van der Waals surface area contributed by atoms with Crippen molar-refractivity contribution in [2.75, 3.05) is 0 Å². The molecule has 2 aromatic carbocycles. The summed E-state index contributed by atoms with van der Waals surface area (Å²) in [6, 6.07) is 13.7. The van der Waals surface area contributed by atoms with E-state index in [-0.39, 0.29) is 11.6 Å². The molecule has 5 nitrogen and oxygen atoms in total. The molecule has 0 fully saturated rings. The number of aromatic nitrogens is 1. The van der Waals surface area contributed by atoms with Crippen molar-refractivity contribution in [3.63, 3.8) is 0 Å². The number of oxazole rings is 1. The fourth-order valence-corrected chi connectivity index (χ4v) is 2.76. The minimum absolute atomic E-state index is 0.0237. The first kappa shape index (κ1) is 16.4. The topological polar surface area (TPSA) is 69.2 Å². The number of nitro benzene ring substituents is 1. The summed E-state index contributed by atoms with van der Waals surface area (Å²) in [5.41, 5.74) is 1.61. The van der Waals surface area contributed by atoms with Gasteiger partial charge in [-0.05, 0) is 29.8 Å². The first-order chi connectivity index (χ1) is 11.5. The summed E-state index contributed by atoms with van der Waals surface area (Å²) < 4.78 is 6.59. The average molecular weight is 406 g/mol. The molecule has 3 rings (SSSR count). The highest BCUT2D eigenvalue weighted by Crippen LogP contribution is 2.31. The van der Waals surface area contributed by atoms with E-state index in [2.05, 4.69) is 20.9 Å². The lowest BCUT2D eigenvalue weighted by Crippen LogP contribution is -1.86. The SMILES string of the molecule is O=[N+]([O-])c1ccc(C=C(Cl)c2ncc(-c3ccccc3Br)o2)cc1. The van der Waals surface area contributed by atoms with Crippen LogP contribution in [0.15, 0.2) is 63.6 Å². The Morgan fingerprint density at radius 2 is 1.92 bits per heavy atom. The van der Waals surface area contributed by atoms with Crippen LogP contribution < -0.4 is 0 Å². The Kier molecular flexibility index (Phi) is 4.78. The fourth-order valence-electron chi connectivity index (χ4n) is 2.07. The minimum Gasteiger partial charge on any atom is -0.435 e. The second-order valence-electron chi connectivity index (χ2n) is 4.85. The highest BCUT2D eigenvalue weighted by Gasteiger charge is 2.12. The lowest BCUT2D eigenvalue weighted by Gasteiger charge is -1.99. The zero-order valence-electron chi connectivity index (χ0n) is 12.1. The van der Waals surface area contributed by atoms with Crippen molar-refractivity contribution < 1.29 is 9.34 Å². The van der Waals surface area contributed by atoms with E-state index < -0.39 is 4.92 Å². The standard InChI is InChI=1S/C17H10BrClN2O3/c18-14-4-2-1-3-13(14)16-10-20-17(24-16)15(19)9-11-5-7-12(8-6-11)21(22)23/h1-10H. The molecule has 0 bridgehead atoms. The van der Waals surface area contributed by atoms with Gasteiger partial charge in [-0.3, -0.25) is 10.1 Å². The predicted octanol–water partition coefficient (Wildman–Crippen LogP) is 5.75. The molecule has 0 atom stereocenters. The molecular formula is C17H10BrClN2O3. The molecule has 0 aliphatic carbocycles. The normalized spacial score (nSPS) is 11.5. The van der Waals surface area contributed by atoms with Crippen LogP contribution in [0.2, 0.25) is 0 Å². The third-order valence-electron chi connectivity index (χ3n) is 3.25. The zero-order chi connectivity index (χ0) is 17.1. The van der Waals surface area contributed by atoms with E-state index >= 15 is 0 Å². The molecule has 0 radical (unpaired) electrons. The molecule has 1 heterocycles. The Morgan fingerprint density at radius 3 is 2.58 bits per heavy atom. The lowest BCUT2D eigenvalue weighted by molar-refractivity contribution is -0.384. The molecule has 0 unspecified atom stereocenters. The fraction of sp³-hybridized carbons (Fsp3) is 0. The first-order valence-corrected chi connectivity index (χ1v) is 8.04. The van der Waals surface area contributed by atoms with E-state index in [1.165, 1.54) is 12.1 Å². The molecule has 0 amide bonds. The van der Waals surface area contributed by atoms with E-state index in [4.69, 9.17) is 16.0 Å². The molecule has 0 aliphatic rings. The van der Waals surface area contributed by atoms with Gasteiger partial charge in [0.25, 0.3) is 5.69 Å². The number of benzene rings is 2. The molecule has 0 N–H and O–H groups in total. The number of hydrogen-bond acceptors (Lipinski definition) is 4. The second-order valence-corrected chi connectivity index (χ2v) is 6.11. The predicted molar refractivity (Wildman–Crippen MR) is 96.5 cm³/mol. The monoisotopic (exact) mass is 404 g/mol. The molecule has 24 heavy (non-hydrogen) atoms. The largest absolute Gasteiger partial charge is 0.435 e. The number of non-ortho nitro benzene ring substituents is 1. The van der Waals surface area contributed by atoms with Crippen molar-refractivity contribution in [3.05, 3.63) is 80.8 Å². The van der Waals surface area contributed by atoms with Crippen LogP contribution in [0.1, 0.15) is 11.5 Å². The van der Waals surface area contributed by atoms with Crippen LogP contribution in [-0.4, -0.2) is 9.91 Å². The Morgan fingerprint density at radius 1 is 1.21 bits per heavy atom. The molecule has 0 spiro atoms. The highest BCUT2D eigenvalue weighted by molar-refractivity contribution is 9.10. The summed E-state index contributed by atoms with van der Waals surface area (Å²) in [4.78, 5) is 14.4. The summed E-state index contributed by atoms with van der Waals surface area (Å²) in [7, 11) is 0. The minimum atomic E-state index is -0.451. The van der Waals surface area contributed by atoms with Crippen LogP contribution in [0.25, 0.3) is 22.4 Å². The summed E-state index contributed by atoms with van der Waals surface area (Å²) >= 11 is 9.70. The Labute approximate surface area is 150 Å². The Balaban J connectivity index is 1.86. The smallest absolute Gasteiger partial charge is 0.269 e. The number of nitro groups is 1. The molecule has 7 heteroatoms. The number of nitrogens with zero attached hydrogens (tertiary/aromatic N) is 2. The van der Waals surface area contributed by atoms with Gasteiger partial charge in [0.2, 0.25) is 5.89 Å². The molecule has 0 saturated heterocycles. The molecular weight excluding hydrogens is 396 g/mol. The summed E-state index contributed by atoms with van der Waals surface area (Å²) in [6.45, 7) is 0. The van der Waals surface area contributed by atoms with E-state index in [1.54, 1.807) is 24.4 Å². The van der Waals surface area contributed by atoms with E-state index in [9.17, 15) is 10.1 Å². The maximum Gasteiger partial charge on any atom is 0.269 e. The zero-order valence-corrected chi connectivity index (χ0v) is 14.5. The van der Waals surface area contributed by atoms with Crippen LogP contribution in [0, 0.1) is 10.1 Å². The van der Waals surface area contributed by atoms with Crippen molar-refractivity contribution in [2.45, 2.75) is 0 Å². The summed E-state index contributed by atoms with van der Waals surface area (Å²) in [5.74, 6) is 0.869. The van der Waals surface area contributed by atoms with Crippen LogP contribution >= 0.6 is 27.5 Å². The maximum atomic E-state index is 10.7. The lowest BCUT2D eigenvalue weighted by atomic mass is 10.2. The third-order valence-corrected chi connectivity index (χ3v) is 4.21. The molecule has 3 aromatic rings. The third kappa shape index (κ3) is 3.55. The maximum absolute atomic E-state index is 10.7. The van der Waals surface area contributed by atoms with Crippen molar-refractivity contribution in [1.82, 2.24) is 4.98 Å². The molecule has 0 aliphatic heterocycles. The van der Waals surface area contributed by atoms with Gasteiger partial charge in [0.05, 0.1) is 11.1 Å². The van der Waals surface area contributed by atoms with E-state index in [1.807, 2.05) is 24.3 Å². The van der Waals surface area contributed by atoms with Gasteiger partial charge in [-0.1, -0.05) is 45.7 Å². The Hall–Kier alpha value is -2.44. The number of rotatable bonds is 4. The van der Waals surface area contributed by atoms with Gasteiger partial charge < -0.3 is 4.42 Å². The van der Waals surface area contributed by atoms with Gasteiger partial charge in [-0.2, -0.15) is 0 Å². The molecule has 1 aromatic heterocycles. The van der Waals surface area contributed by atoms with E-state index in [0.717, 1.165) is 10.0 Å². The quantitative estimate of drug-likeness (QED) is 0.409. The van der Waals surface area contributed by atoms with Crippen molar-refractivity contribution in [3.8, 4) is 11.3 Å². The molecule has 120 valence electrons. The summed E-state index contributed by atoms with van der Waals surface area (Å²) in [6.07, 6.45) is 3.24. The van der Waals surface area contributed by atoms with Crippen LogP contribution in [0.3, 0.4) is 0 Å². The van der Waals surface area contributed by atoms with Crippen LogP contribution in [0.4, 0.5) is 5.69 Å². The van der Waals surface area contributed by atoms with Gasteiger partial charge in [0, 0.05) is 22.2 Å². The van der Waals surface area contributed by atoms with Gasteiger partial charge in [-0.25, -0.2) is 4.98 Å². The summed E-state index contributed by atoms with van der Waals surface area (Å²) in [5, 5.41) is 11.0. The number of halogens is 2. The van der Waals surface area contributed by atoms with E-state index in [0.29, 0.717) is 16.4 Å². The van der Waals surface area contributed by atoms with Crippen molar-refractivity contribution in [2.24, 2.45) is 0 Å². The van der Waals surface area contributed by atoms with Gasteiger partial charge >= 0.3 is 0 Å². The van der Waals surface area contributed by atoms with Gasteiger partial charge in [-0.15, -0.1) is 0 Å². The van der Waals surface area contributed by atoms with Gasteiger partial charge in [0.15, 0.2) is 5.76 Å².